The summed E-state index contributed by atoms with van der Waals surface area (Å²) in [6, 6.07) is 6.49. The van der Waals surface area contributed by atoms with E-state index in [2.05, 4.69) is 20.9 Å². The summed E-state index contributed by atoms with van der Waals surface area (Å²) < 4.78 is 19.0. The normalized spacial score (nSPS) is 21.1. The van der Waals surface area contributed by atoms with E-state index in [-0.39, 0.29) is 35.8 Å². The zero-order valence-electron chi connectivity index (χ0n) is 17.3. The first kappa shape index (κ1) is 22.0. The van der Waals surface area contributed by atoms with E-state index in [1.807, 2.05) is 20.8 Å². The molecule has 1 aliphatic carbocycles. The minimum atomic E-state index is -0.316. The fraction of sp³-hybridized carbons (Fsp3) is 0.619. The highest BCUT2D eigenvalue weighted by Crippen LogP contribution is 2.24. The first-order chi connectivity index (χ1) is 13.4. The van der Waals surface area contributed by atoms with Crippen molar-refractivity contribution >= 4 is 11.9 Å². The van der Waals surface area contributed by atoms with Crippen molar-refractivity contribution in [1.29, 1.82) is 0 Å². The number of carbonyl (C=O) groups is 1. The van der Waals surface area contributed by atoms with E-state index in [0.717, 1.165) is 25.7 Å². The molecule has 0 heterocycles. The molecule has 0 spiro atoms. The average Bonchev–Trinajstić information content (AvgIpc) is 2.64. The monoisotopic (exact) mass is 392 g/mol. The summed E-state index contributed by atoms with van der Waals surface area (Å²) in [7, 11) is 1.72. The number of benzene rings is 1. The molecule has 1 aromatic carbocycles. The minimum absolute atomic E-state index is 0.0435. The van der Waals surface area contributed by atoms with Crippen LogP contribution in [0.3, 0.4) is 0 Å². The summed E-state index contributed by atoms with van der Waals surface area (Å²) in [5.74, 6) is 1.06. The molecule has 3 unspecified atom stereocenters. The maximum absolute atomic E-state index is 13.3. The number of hydrogen-bond acceptors (Lipinski definition) is 3. The Morgan fingerprint density at radius 1 is 1.32 bits per heavy atom. The second-order valence-corrected chi connectivity index (χ2v) is 7.71. The molecule has 28 heavy (non-hydrogen) atoms. The van der Waals surface area contributed by atoms with E-state index < -0.39 is 0 Å². The van der Waals surface area contributed by atoms with Crippen molar-refractivity contribution in [3.8, 4) is 5.75 Å². The highest BCUT2D eigenvalue weighted by Gasteiger charge is 2.28. The number of nitrogens with one attached hydrogen (secondary N) is 3. The molecular weight excluding hydrogens is 359 g/mol. The molecule has 3 N–H and O–H groups in total. The quantitative estimate of drug-likeness (QED) is 0.493. The van der Waals surface area contributed by atoms with Crippen molar-refractivity contribution in [2.75, 3.05) is 13.6 Å². The fourth-order valence-electron chi connectivity index (χ4n) is 3.40. The molecule has 1 amide bonds. The predicted molar refractivity (Wildman–Crippen MR) is 110 cm³/mol. The molecule has 0 radical (unpaired) electrons. The Morgan fingerprint density at radius 3 is 2.79 bits per heavy atom. The van der Waals surface area contributed by atoms with Gasteiger partial charge in [-0.3, -0.25) is 9.79 Å². The SMILES string of the molecule is CN=C(NCC(C)Oc1cccc(F)c1)NC1CCCC(C(=O)NC(C)C)C1. The Bertz CT molecular complexity index is 666. The third-order valence-corrected chi connectivity index (χ3v) is 4.73. The topological polar surface area (TPSA) is 74.8 Å². The number of ether oxygens (including phenoxy) is 1. The van der Waals surface area contributed by atoms with Gasteiger partial charge in [0.15, 0.2) is 5.96 Å². The number of hydrogen-bond donors (Lipinski definition) is 3. The molecule has 7 heteroatoms. The number of halogens is 1. The van der Waals surface area contributed by atoms with Crippen molar-refractivity contribution < 1.29 is 13.9 Å². The van der Waals surface area contributed by atoms with E-state index >= 15 is 0 Å². The molecule has 156 valence electrons. The van der Waals surface area contributed by atoms with Gasteiger partial charge in [-0.1, -0.05) is 12.5 Å². The van der Waals surface area contributed by atoms with Gasteiger partial charge in [-0.25, -0.2) is 4.39 Å². The van der Waals surface area contributed by atoms with Crippen LogP contribution < -0.4 is 20.7 Å². The Kier molecular flexibility index (Phi) is 8.54. The highest BCUT2D eigenvalue weighted by atomic mass is 19.1. The summed E-state index contributed by atoms with van der Waals surface area (Å²) in [5.41, 5.74) is 0. The largest absolute Gasteiger partial charge is 0.489 e. The van der Waals surface area contributed by atoms with Crippen LogP contribution in [0.1, 0.15) is 46.5 Å². The zero-order chi connectivity index (χ0) is 20.5. The van der Waals surface area contributed by atoms with Crippen LogP contribution in [-0.2, 0) is 4.79 Å². The predicted octanol–water partition coefficient (Wildman–Crippen LogP) is 2.84. The molecule has 1 aromatic rings. The van der Waals surface area contributed by atoms with Crippen molar-refractivity contribution in [3.63, 3.8) is 0 Å². The average molecular weight is 393 g/mol. The van der Waals surface area contributed by atoms with Crippen LogP contribution in [0.25, 0.3) is 0 Å². The first-order valence-corrected chi connectivity index (χ1v) is 10.1. The number of nitrogens with zero attached hydrogens (tertiary/aromatic N) is 1. The lowest BCUT2D eigenvalue weighted by atomic mass is 9.85. The Morgan fingerprint density at radius 2 is 2.11 bits per heavy atom. The van der Waals surface area contributed by atoms with Gasteiger partial charge < -0.3 is 20.7 Å². The standard InChI is InChI=1S/C21H33FN4O2/c1-14(2)25-20(27)16-7-5-9-18(11-16)26-21(23-4)24-13-15(3)28-19-10-6-8-17(22)12-19/h6,8,10,12,14-16,18H,5,7,9,11,13H2,1-4H3,(H,25,27)(H2,23,24,26). The number of aliphatic imine (C=N–C) groups is 1. The summed E-state index contributed by atoms with van der Waals surface area (Å²) in [4.78, 5) is 16.6. The number of guanidine groups is 1. The van der Waals surface area contributed by atoms with Gasteiger partial charge in [-0.2, -0.15) is 0 Å². The summed E-state index contributed by atoms with van der Waals surface area (Å²) in [5, 5.41) is 9.67. The fourth-order valence-corrected chi connectivity index (χ4v) is 3.40. The van der Waals surface area contributed by atoms with Crippen LogP contribution >= 0.6 is 0 Å². The highest BCUT2D eigenvalue weighted by molar-refractivity contribution is 5.81. The van der Waals surface area contributed by atoms with E-state index in [9.17, 15) is 9.18 Å². The van der Waals surface area contributed by atoms with Crippen LogP contribution in [0, 0.1) is 11.7 Å². The molecule has 2 rings (SSSR count). The summed E-state index contributed by atoms with van der Waals surface area (Å²) in [6.45, 7) is 6.41. The van der Waals surface area contributed by atoms with Crippen LogP contribution in [0.2, 0.25) is 0 Å². The molecule has 0 saturated heterocycles. The maximum atomic E-state index is 13.3. The van der Waals surface area contributed by atoms with Gasteiger partial charge in [0.1, 0.15) is 17.7 Å². The van der Waals surface area contributed by atoms with Crippen LogP contribution in [0.5, 0.6) is 5.75 Å². The van der Waals surface area contributed by atoms with Gasteiger partial charge >= 0.3 is 0 Å². The lowest BCUT2D eigenvalue weighted by Gasteiger charge is -2.30. The molecule has 1 saturated carbocycles. The minimum Gasteiger partial charge on any atom is -0.489 e. The Labute approximate surface area is 167 Å². The molecule has 6 nitrogen and oxygen atoms in total. The Hall–Kier alpha value is -2.31. The Balaban J connectivity index is 1.79. The third kappa shape index (κ3) is 7.37. The van der Waals surface area contributed by atoms with Gasteiger partial charge in [0, 0.05) is 31.1 Å². The molecule has 1 aliphatic rings. The lowest BCUT2D eigenvalue weighted by Crippen LogP contribution is -2.49. The maximum Gasteiger partial charge on any atom is 0.223 e. The smallest absolute Gasteiger partial charge is 0.223 e. The second-order valence-electron chi connectivity index (χ2n) is 7.71. The lowest BCUT2D eigenvalue weighted by molar-refractivity contribution is -0.126. The van der Waals surface area contributed by atoms with Crippen molar-refractivity contribution in [1.82, 2.24) is 16.0 Å². The molecule has 0 bridgehead atoms. The number of rotatable bonds is 7. The van der Waals surface area contributed by atoms with E-state index in [0.29, 0.717) is 18.3 Å². The van der Waals surface area contributed by atoms with E-state index in [4.69, 9.17) is 4.74 Å². The van der Waals surface area contributed by atoms with Crippen LogP contribution in [0.4, 0.5) is 4.39 Å². The summed E-state index contributed by atoms with van der Waals surface area (Å²) >= 11 is 0. The van der Waals surface area contributed by atoms with Crippen molar-refractivity contribution in [2.24, 2.45) is 10.9 Å². The molecule has 0 aromatic heterocycles. The van der Waals surface area contributed by atoms with E-state index in [1.165, 1.54) is 12.1 Å². The van der Waals surface area contributed by atoms with Crippen LogP contribution in [-0.4, -0.2) is 43.6 Å². The molecular formula is C21H33FN4O2. The molecule has 3 atom stereocenters. The molecule has 0 aliphatic heterocycles. The van der Waals surface area contributed by atoms with Gasteiger partial charge in [-0.05, 0) is 52.2 Å². The number of amides is 1. The summed E-state index contributed by atoms with van der Waals surface area (Å²) in [6.07, 6.45) is 3.61. The van der Waals surface area contributed by atoms with Crippen LogP contribution in [0.15, 0.2) is 29.3 Å². The van der Waals surface area contributed by atoms with Gasteiger partial charge in [0.05, 0.1) is 6.54 Å². The van der Waals surface area contributed by atoms with Gasteiger partial charge in [0.25, 0.3) is 0 Å². The van der Waals surface area contributed by atoms with Crippen molar-refractivity contribution in [2.45, 2.75) is 64.6 Å². The first-order valence-electron chi connectivity index (χ1n) is 10.1. The van der Waals surface area contributed by atoms with Gasteiger partial charge in [-0.15, -0.1) is 0 Å². The van der Waals surface area contributed by atoms with Crippen molar-refractivity contribution in [3.05, 3.63) is 30.1 Å². The second kappa shape index (κ2) is 10.9. The zero-order valence-corrected chi connectivity index (χ0v) is 17.3. The third-order valence-electron chi connectivity index (χ3n) is 4.73. The van der Waals surface area contributed by atoms with Gasteiger partial charge in [0.2, 0.25) is 5.91 Å². The molecule has 1 fully saturated rings. The number of carbonyl (C=O) groups excluding carboxylic acids is 1. The van der Waals surface area contributed by atoms with E-state index in [1.54, 1.807) is 19.2 Å².